The molecule has 0 bridgehead atoms. The first-order valence-electron chi connectivity index (χ1n) is 15.7. The number of amides is 3. The molecule has 1 spiro atoms. The molecule has 0 saturated carbocycles. The first kappa shape index (κ1) is 32.1. The highest BCUT2D eigenvalue weighted by Gasteiger charge is 2.45. The predicted octanol–water partition coefficient (Wildman–Crippen LogP) is 7.02. The topological polar surface area (TPSA) is 132 Å². The largest absolute Gasteiger partial charge is 0.444 e. The zero-order valence-corrected chi connectivity index (χ0v) is 26.4. The summed E-state index contributed by atoms with van der Waals surface area (Å²) in [6, 6.07) is 10.1. The Labute approximate surface area is 271 Å². The molecule has 4 heterocycles. The molecular weight excluding hydrogens is 612 g/mol. The van der Waals surface area contributed by atoms with E-state index in [0.717, 1.165) is 11.6 Å². The van der Waals surface area contributed by atoms with E-state index in [1.807, 2.05) is 6.07 Å². The minimum Gasteiger partial charge on any atom is -0.444 e. The fraction of sp³-hybridized carbons (Fsp3) is 0.441. The second-order valence-corrected chi connectivity index (χ2v) is 13.1. The van der Waals surface area contributed by atoms with E-state index in [4.69, 9.17) is 14.2 Å². The molecule has 1 saturated heterocycles. The van der Waals surface area contributed by atoms with Crippen molar-refractivity contribution in [1.82, 2.24) is 20.2 Å². The van der Waals surface area contributed by atoms with E-state index in [1.54, 1.807) is 56.3 Å². The molecule has 1 fully saturated rings. The Morgan fingerprint density at radius 2 is 1.79 bits per heavy atom. The van der Waals surface area contributed by atoms with Crippen LogP contribution >= 0.6 is 0 Å². The Bertz CT molecular complexity index is 1680. The van der Waals surface area contributed by atoms with Crippen molar-refractivity contribution < 1.29 is 37.4 Å². The van der Waals surface area contributed by atoms with E-state index < -0.39 is 59.2 Å². The van der Waals surface area contributed by atoms with Crippen molar-refractivity contribution in [2.75, 3.05) is 18.4 Å². The van der Waals surface area contributed by atoms with Gasteiger partial charge in [-0.3, -0.25) is 10.3 Å². The zero-order valence-electron chi connectivity index (χ0n) is 26.4. The maximum absolute atomic E-state index is 15.3. The molecule has 1 aromatic carbocycles. The highest BCUT2D eigenvalue weighted by Crippen LogP contribution is 2.46. The molecule has 13 heteroatoms. The molecule has 6 rings (SSSR count). The number of halogens is 2. The summed E-state index contributed by atoms with van der Waals surface area (Å²) in [7, 11) is 0. The monoisotopic (exact) mass is 649 g/mol. The molecule has 1 aliphatic carbocycles. The summed E-state index contributed by atoms with van der Waals surface area (Å²) in [6.07, 6.45) is 2.23. The van der Waals surface area contributed by atoms with Gasteiger partial charge in [-0.05, 0) is 76.3 Å². The van der Waals surface area contributed by atoms with Gasteiger partial charge in [-0.25, -0.2) is 28.1 Å². The van der Waals surface area contributed by atoms with Gasteiger partial charge in [0.2, 0.25) is 0 Å². The number of carbonyl (C=O) groups excluding carboxylic acids is 3. The van der Waals surface area contributed by atoms with E-state index in [-0.39, 0.29) is 24.9 Å². The molecule has 47 heavy (non-hydrogen) atoms. The van der Waals surface area contributed by atoms with Crippen LogP contribution in [0.5, 0.6) is 0 Å². The Morgan fingerprint density at radius 3 is 2.60 bits per heavy atom. The number of nitrogens with zero attached hydrogens (tertiary/aromatic N) is 3. The minimum atomic E-state index is -1.01. The Balaban J connectivity index is 1.26. The molecule has 3 aliphatic rings. The van der Waals surface area contributed by atoms with Crippen LogP contribution in [-0.2, 0) is 19.8 Å². The highest BCUT2D eigenvalue weighted by molar-refractivity contribution is 5.87. The van der Waals surface area contributed by atoms with Gasteiger partial charge in [-0.2, -0.15) is 0 Å². The zero-order chi connectivity index (χ0) is 33.3. The third kappa shape index (κ3) is 6.70. The molecule has 2 aromatic heterocycles. The molecule has 0 radical (unpaired) electrons. The molecule has 4 atom stereocenters. The van der Waals surface area contributed by atoms with Gasteiger partial charge in [0.25, 0.3) is 0 Å². The number of anilines is 1. The molecular formula is C34H37F2N5O6. The smallest absolute Gasteiger partial charge is 0.413 e. The van der Waals surface area contributed by atoms with Crippen LogP contribution in [0.15, 0.2) is 54.9 Å². The quantitative estimate of drug-likeness (QED) is 0.229. The first-order valence-corrected chi connectivity index (χ1v) is 15.7. The van der Waals surface area contributed by atoms with Crippen LogP contribution in [0.3, 0.4) is 0 Å². The highest BCUT2D eigenvalue weighted by atomic mass is 19.2. The van der Waals surface area contributed by atoms with Crippen LogP contribution in [0.1, 0.15) is 93.3 Å². The van der Waals surface area contributed by atoms with Crippen molar-refractivity contribution in [3.63, 3.8) is 0 Å². The lowest BCUT2D eigenvalue weighted by atomic mass is 9.85. The number of hydrogen-bond donors (Lipinski definition) is 2. The molecule has 11 nitrogen and oxygen atoms in total. The van der Waals surface area contributed by atoms with Crippen molar-refractivity contribution in [2.45, 2.75) is 82.1 Å². The standard InChI is InChI=1S/C34H37F2N5O6/c1-33(2,3)46-30(42)39-27-21(20-8-4-11-24(35)26(20)36)12-13-25(28-22(27)9-5-16-37-28)45-32(44)41-18-7-14-34(15-19-41)23-10-6-17-38-29(23)40-31(43)47-34/h4-6,8-11,16-17,21,25,27H,7,12-15,18-19H2,1-3H3,(H,39,42)(H,38,40,43)/t21-,25+,27-,34+/m0/s1. The third-order valence-corrected chi connectivity index (χ3v) is 8.81. The van der Waals surface area contributed by atoms with Gasteiger partial charge in [0.05, 0.1) is 11.7 Å². The number of aromatic nitrogens is 2. The van der Waals surface area contributed by atoms with Crippen molar-refractivity contribution in [3.8, 4) is 0 Å². The van der Waals surface area contributed by atoms with Crippen LogP contribution < -0.4 is 10.6 Å². The SMILES string of the molecule is CC(C)(C)OC(=O)N[C@@H]1c2cccnc2[C@H](OC(=O)N2CCC[C@]3(CC2)OC(=O)Nc2ncccc23)CC[C@H]1c1cccc(F)c1F. The van der Waals surface area contributed by atoms with Crippen LogP contribution in [-0.4, -0.2) is 51.8 Å². The number of carbonyl (C=O) groups is 3. The van der Waals surface area contributed by atoms with Gasteiger partial charge in [-0.15, -0.1) is 0 Å². The van der Waals surface area contributed by atoms with Gasteiger partial charge < -0.3 is 24.4 Å². The molecule has 2 aliphatic heterocycles. The van der Waals surface area contributed by atoms with Crippen molar-refractivity contribution >= 4 is 24.1 Å². The van der Waals surface area contributed by atoms with Crippen molar-refractivity contribution in [1.29, 1.82) is 0 Å². The number of fused-ring (bicyclic) bond motifs is 3. The summed E-state index contributed by atoms with van der Waals surface area (Å²) >= 11 is 0. The fourth-order valence-corrected chi connectivity index (χ4v) is 6.77. The van der Waals surface area contributed by atoms with Gasteiger partial charge in [-0.1, -0.05) is 18.2 Å². The number of ether oxygens (including phenoxy) is 3. The molecule has 3 amide bonds. The lowest BCUT2D eigenvalue weighted by molar-refractivity contribution is -0.00175. The van der Waals surface area contributed by atoms with Crippen LogP contribution in [0.4, 0.5) is 29.0 Å². The second-order valence-electron chi connectivity index (χ2n) is 13.1. The van der Waals surface area contributed by atoms with E-state index >= 15 is 4.39 Å². The number of alkyl carbamates (subject to hydrolysis) is 1. The Kier molecular flexibility index (Phi) is 8.73. The molecule has 3 aromatic rings. The van der Waals surface area contributed by atoms with Gasteiger partial charge in [0.15, 0.2) is 11.6 Å². The minimum absolute atomic E-state index is 0.0805. The van der Waals surface area contributed by atoms with E-state index in [2.05, 4.69) is 20.6 Å². The Hall–Kier alpha value is -4.81. The summed E-state index contributed by atoms with van der Waals surface area (Å²) in [6.45, 7) is 5.79. The number of pyridine rings is 2. The number of likely N-dealkylation sites (tertiary alicyclic amines) is 1. The van der Waals surface area contributed by atoms with Crippen molar-refractivity contribution in [3.05, 3.63) is 88.9 Å². The molecule has 248 valence electrons. The third-order valence-electron chi connectivity index (χ3n) is 8.81. The maximum Gasteiger partial charge on any atom is 0.413 e. The summed E-state index contributed by atoms with van der Waals surface area (Å²) in [5.74, 6) is -2.30. The van der Waals surface area contributed by atoms with E-state index in [0.29, 0.717) is 42.9 Å². The number of benzene rings is 1. The summed E-state index contributed by atoms with van der Waals surface area (Å²) in [5, 5.41) is 5.50. The number of hydrogen-bond acceptors (Lipinski definition) is 8. The lowest BCUT2D eigenvalue weighted by Gasteiger charge is -2.37. The second kappa shape index (κ2) is 12.8. The van der Waals surface area contributed by atoms with Gasteiger partial charge in [0, 0.05) is 48.9 Å². The van der Waals surface area contributed by atoms with Crippen LogP contribution in [0.2, 0.25) is 0 Å². The fourth-order valence-electron chi connectivity index (χ4n) is 6.77. The van der Waals surface area contributed by atoms with Crippen LogP contribution in [0, 0.1) is 11.6 Å². The average molecular weight is 650 g/mol. The normalized spacial score (nSPS) is 24.1. The van der Waals surface area contributed by atoms with Crippen LogP contribution in [0.25, 0.3) is 0 Å². The maximum atomic E-state index is 15.3. The molecule has 0 unspecified atom stereocenters. The summed E-state index contributed by atoms with van der Waals surface area (Å²) < 4.78 is 47.2. The summed E-state index contributed by atoms with van der Waals surface area (Å²) in [5.41, 5.74) is 0.0110. The summed E-state index contributed by atoms with van der Waals surface area (Å²) in [4.78, 5) is 49.6. The Morgan fingerprint density at radius 1 is 1.02 bits per heavy atom. The van der Waals surface area contributed by atoms with E-state index in [9.17, 15) is 18.8 Å². The van der Waals surface area contributed by atoms with Gasteiger partial charge >= 0.3 is 18.3 Å². The number of nitrogens with one attached hydrogen (secondary N) is 2. The lowest BCUT2D eigenvalue weighted by Crippen LogP contribution is -2.41. The van der Waals surface area contributed by atoms with E-state index in [1.165, 1.54) is 12.1 Å². The molecule has 2 N–H and O–H groups in total. The number of rotatable bonds is 3. The average Bonchev–Trinajstić information content (AvgIpc) is 3.31. The van der Waals surface area contributed by atoms with Gasteiger partial charge in [0.1, 0.15) is 23.1 Å². The van der Waals surface area contributed by atoms with Crippen molar-refractivity contribution in [2.24, 2.45) is 0 Å². The predicted molar refractivity (Wildman–Crippen MR) is 165 cm³/mol. The first-order chi connectivity index (χ1) is 22.4.